The Kier molecular flexibility index (Phi) is 7.23. The lowest BCUT2D eigenvalue weighted by Gasteiger charge is -2.16. The van der Waals surface area contributed by atoms with E-state index in [0.29, 0.717) is 10.6 Å². The molecule has 0 spiro atoms. The van der Waals surface area contributed by atoms with Crippen LogP contribution in [0.4, 0.5) is 5.69 Å². The van der Waals surface area contributed by atoms with Crippen LogP contribution in [0.15, 0.2) is 100 Å². The van der Waals surface area contributed by atoms with Gasteiger partial charge in [-0.3, -0.25) is 4.79 Å². The summed E-state index contributed by atoms with van der Waals surface area (Å²) < 4.78 is 0.976. The summed E-state index contributed by atoms with van der Waals surface area (Å²) in [5.41, 5.74) is 4.60. The Morgan fingerprint density at radius 2 is 1.61 bits per heavy atom. The second-order valence-electron chi connectivity index (χ2n) is 7.34. The summed E-state index contributed by atoms with van der Waals surface area (Å²) in [6.07, 6.45) is 0. The molecular weight excluding hydrogens is 494 g/mol. The average Bonchev–Trinajstić information content (AvgIpc) is 2.85. The van der Waals surface area contributed by atoms with E-state index in [1.165, 1.54) is 11.8 Å². The van der Waals surface area contributed by atoms with E-state index in [9.17, 15) is 10.1 Å². The van der Waals surface area contributed by atoms with Gasteiger partial charge in [0.15, 0.2) is 0 Å². The van der Waals surface area contributed by atoms with Gasteiger partial charge in [0, 0.05) is 21.3 Å². The van der Waals surface area contributed by atoms with Crippen LogP contribution >= 0.6 is 27.7 Å². The number of nitriles is 1. The third-order valence-electron chi connectivity index (χ3n) is 5.02. The number of hydrogen-bond acceptors (Lipinski definition) is 4. The van der Waals surface area contributed by atoms with Crippen molar-refractivity contribution in [2.75, 3.05) is 5.32 Å². The van der Waals surface area contributed by atoms with Gasteiger partial charge in [0.2, 0.25) is 5.91 Å². The first-order chi connectivity index (χ1) is 16.0. The number of anilines is 1. The molecule has 0 aliphatic heterocycles. The molecule has 0 unspecified atom stereocenters. The Bertz CT molecular complexity index is 1300. The standard InChI is InChI=1S/C27H20BrN3OS/c1-18(26(32)30-22-10-6-3-7-11-22)33-27-24(17-29)23(19-8-4-2-5-9-19)16-25(31-27)20-12-14-21(28)15-13-20/h2-16,18H,1H3,(H,30,32)/t18-/m1/s1. The first-order valence-electron chi connectivity index (χ1n) is 10.3. The number of halogens is 1. The van der Waals surface area contributed by atoms with E-state index in [2.05, 4.69) is 27.3 Å². The van der Waals surface area contributed by atoms with E-state index in [4.69, 9.17) is 4.98 Å². The van der Waals surface area contributed by atoms with Crippen LogP contribution in [0.1, 0.15) is 12.5 Å². The highest BCUT2D eigenvalue weighted by Crippen LogP contribution is 2.36. The Hall–Kier alpha value is -3.40. The number of para-hydroxylation sites is 1. The fraction of sp³-hybridized carbons (Fsp3) is 0.0741. The largest absolute Gasteiger partial charge is 0.325 e. The lowest BCUT2D eigenvalue weighted by atomic mass is 9.99. The summed E-state index contributed by atoms with van der Waals surface area (Å²) in [6.45, 7) is 1.82. The van der Waals surface area contributed by atoms with Gasteiger partial charge in [-0.15, -0.1) is 0 Å². The fourth-order valence-electron chi connectivity index (χ4n) is 3.32. The molecule has 4 rings (SSSR count). The number of pyridine rings is 1. The van der Waals surface area contributed by atoms with Gasteiger partial charge >= 0.3 is 0 Å². The predicted molar refractivity (Wildman–Crippen MR) is 138 cm³/mol. The zero-order valence-electron chi connectivity index (χ0n) is 17.8. The van der Waals surface area contributed by atoms with Crippen LogP contribution in [-0.4, -0.2) is 16.1 Å². The maximum Gasteiger partial charge on any atom is 0.237 e. The van der Waals surface area contributed by atoms with Gasteiger partial charge in [0.1, 0.15) is 11.1 Å². The van der Waals surface area contributed by atoms with Crippen LogP contribution in [0.25, 0.3) is 22.4 Å². The molecule has 1 amide bonds. The molecule has 1 aromatic heterocycles. The molecule has 0 radical (unpaired) electrons. The van der Waals surface area contributed by atoms with Crippen LogP contribution < -0.4 is 5.32 Å². The van der Waals surface area contributed by atoms with Crippen molar-refractivity contribution in [2.24, 2.45) is 0 Å². The number of hydrogen-bond donors (Lipinski definition) is 1. The fourth-order valence-corrected chi connectivity index (χ4v) is 4.50. The molecule has 1 atom stereocenters. The Balaban J connectivity index is 1.74. The van der Waals surface area contributed by atoms with E-state index in [1.54, 1.807) is 0 Å². The van der Waals surface area contributed by atoms with Crippen LogP contribution in [0.2, 0.25) is 0 Å². The van der Waals surface area contributed by atoms with Crippen molar-refractivity contribution in [3.8, 4) is 28.5 Å². The van der Waals surface area contributed by atoms with E-state index < -0.39 is 5.25 Å². The van der Waals surface area contributed by atoms with Gasteiger partial charge < -0.3 is 5.32 Å². The molecule has 4 aromatic rings. The first kappa shape index (κ1) is 22.8. The number of nitrogens with zero attached hydrogens (tertiary/aromatic N) is 2. The summed E-state index contributed by atoms with van der Waals surface area (Å²) in [5.74, 6) is -0.146. The van der Waals surface area contributed by atoms with Crippen molar-refractivity contribution in [3.63, 3.8) is 0 Å². The highest BCUT2D eigenvalue weighted by Gasteiger charge is 2.21. The van der Waals surface area contributed by atoms with Crippen LogP contribution in [0, 0.1) is 11.3 Å². The summed E-state index contributed by atoms with van der Waals surface area (Å²) in [5, 5.41) is 13.0. The summed E-state index contributed by atoms with van der Waals surface area (Å²) in [6, 6.07) is 31.2. The highest BCUT2D eigenvalue weighted by molar-refractivity contribution is 9.10. The summed E-state index contributed by atoms with van der Waals surface area (Å²) in [4.78, 5) is 17.6. The topological polar surface area (TPSA) is 65.8 Å². The molecule has 162 valence electrons. The normalized spacial score (nSPS) is 11.4. The summed E-state index contributed by atoms with van der Waals surface area (Å²) >= 11 is 4.76. The van der Waals surface area contributed by atoms with Crippen LogP contribution in [0.3, 0.4) is 0 Å². The monoisotopic (exact) mass is 513 g/mol. The molecule has 3 aromatic carbocycles. The Morgan fingerprint density at radius 1 is 0.970 bits per heavy atom. The van der Waals surface area contributed by atoms with E-state index >= 15 is 0 Å². The zero-order chi connectivity index (χ0) is 23.2. The van der Waals surface area contributed by atoms with Crippen molar-refractivity contribution in [3.05, 3.63) is 101 Å². The number of nitrogens with one attached hydrogen (secondary N) is 1. The minimum atomic E-state index is -0.450. The number of carbonyl (C=O) groups is 1. The minimum absolute atomic E-state index is 0.146. The molecule has 0 aliphatic rings. The molecule has 0 aliphatic carbocycles. The molecule has 1 heterocycles. The summed E-state index contributed by atoms with van der Waals surface area (Å²) in [7, 11) is 0. The molecule has 4 nitrogen and oxygen atoms in total. The van der Waals surface area contributed by atoms with Gasteiger partial charge in [0.05, 0.1) is 16.5 Å². The average molecular weight is 514 g/mol. The van der Waals surface area contributed by atoms with Crippen molar-refractivity contribution in [1.82, 2.24) is 4.98 Å². The van der Waals surface area contributed by atoms with E-state index in [-0.39, 0.29) is 5.91 Å². The number of carbonyl (C=O) groups excluding carboxylic acids is 1. The molecule has 0 fully saturated rings. The number of benzene rings is 3. The van der Waals surface area contributed by atoms with Gasteiger partial charge in [0.25, 0.3) is 0 Å². The zero-order valence-corrected chi connectivity index (χ0v) is 20.2. The molecular formula is C27H20BrN3OS. The second kappa shape index (κ2) is 10.5. The number of rotatable bonds is 6. The van der Waals surface area contributed by atoms with Crippen molar-refractivity contribution in [1.29, 1.82) is 5.26 Å². The first-order valence-corrected chi connectivity index (χ1v) is 12.0. The lowest BCUT2D eigenvalue weighted by Crippen LogP contribution is -2.22. The van der Waals surface area contributed by atoms with Gasteiger partial charge in [-0.2, -0.15) is 5.26 Å². The highest BCUT2D eigenvalue weighted by atomic mass is 79.9. The quantitative estimate of drug-likeness (QED) is 0.277. The molecule has 0 saturated heterocycles. The van der Waals surface area contributed by atoms with Crippen molar-refractivity contribution < 1.29 is 4.79 Å². The number of thioether (sulfide) groups is 1. The molecule has 0 saturated carbocycles. The third kappa shape index (κ3) is 5.51. The van der Waals surface area contributed by atoms with Gasteiger partial charge in [-0.05, 0) is 42.8 Å². The third-order valence-corrected chi connectivity index (χ3v) is 6.64. The Labute approximate surface area is 205 Å². The second-order valence-corrected chi connectivity index (χ2v) is 9.58. The minimum Gasteiger partial charge on any atom is -0.325 e. The number of aromatic nitrogens is 1. The van der Waals surface area contributed by atoms with E-state index in [0.717, 1.165) is 32.5 Å². The predicted octanol–water partition coefficient (Wildman–Crippen LogP) is 7.17. The maximum atomic E-state index is 12.8. The SMILES string of the molecule is C[C@@H](Sc1nc(-c2ccc(Br)cc2)cc(-c2ccccc2)c1C#N)C(=O)Nc1ccccc1. The Morgan fingerprint density at radius 3 is 2.24 bits per heavy atom. The van der Waals surface area contributed by atoms with Crippen molar-refractivity contribution >= 4 is 39.3 Å². The molecule has 6 heteroatoms. The lowest BCUT2D eigenvalue weighted by molar-refractivity contribution is -0.115. The maximum absolute atomic E-state index is 12.8. The van der Waals surface area contributed by atoms with Gasteiger partial charge in [-0.1, -0.05) is 88.4 Å². The van der Waals surface area contributed by atoms with E-state index in [1.807, 2.05) is 97.9 Å². The molecule has 33 heavy (non-hydrogen) atoms. The van der Waals surface area contributed by atoms with Crippen LogP contribution in [0.5, 0.6) is 0 Å². The van der Waals surface area contributed by atoms with Crippen molar-refractivity contribution in [2.45, 2.75) is 17.2 Å². The van der Waals surface area contributed by atoms with Crippen LogP contribution in [-0.2, 0) is 4.79 Å². The molecule has 0 bridgehead atoms. The van der Waals surface area contributed by atoms with Gasteiger partial charge in [-0.25, -0.2) is 4.98 Å². The molecule has 1 N–H and O–H groups in total. The smallest absolute Gasteiger partial charge is 0.237 e. The number of amides is 1.